The molecule has 1 atom stereocenters. The Balaban J connectivity index is 1.45. The Bertz CT molecular complexity index is 848. The lowest BCUT2D eigenvalue weighted by atomic mass is 10.1. The summed E-state index contributed by atoms with van der Waals surface area (Å²) in [5, 5.41) is 14.2. The van der Waals surface area contributed by atoms with Crippen LogP contribution in [0.15, 0.2) is 48.0 Å². The lowest BCUT2D eigenvalue weighted by Gasteiger charge is -2.25. The third-order valence-corrected chi connectivity index (χ3v) is 5.42. The molecule has 24 heavy (non-hydrogen) atoms. The number of hydrogen-bond donors (Lipinski definition) is 1. The molecule has 0 bridgehead atoms. The van der Waals surface area contributed by atoms with Crippen molar-refractivity contribution in [2.75, 3.05) is 18.0 Å². The van der Waals surface area contributed by atoms with Gasteiger partial charge in [0, 0.05) is 40.8 Å². The van der Waals surface area contributed by atoms with Crippen LogP contribution >= 0.6 is 11.3 Å². The van der Waals surface area contributed by atoms with Crippen LogP contribution in [0.1, 0.15) is 23.2 Å². The fraction of sp³-hybridized carbons (Fsp3) is 0.278. The summed E-state index contributed by atoms with van der Waals surface area (Å²) in [6.07, 6.45) is 3.85. The number of nitrogens with one attached hydrogen (secondary N) is 1. The van der Waals surface area contributed by atoms with Gasteiger partial charge in [0.1, 0.15) is 0 Å². The van der Waals surface area contributed by atoms with Gasteiger partial charge in [0.25, 0.3) is 5.91 Å². The summed E-state index contributed by atoms with van der Waals surface area (Å²) < 4.78 is 1.14. The standard InChI is InChI=1S/C18H18N4OS/c23-18(15-12-24-16-7-2-1-6-14(15)16)19-11-13-5-4-10-22(13)17-8-3-9-20-21-17/h1-3,6-9,12-13H,4-5,10-11H2,(H,19,23)/t13-/m0/s1. The second-order valence-corrected chi connectivity index (χ2v) is 6.84. The third kappa shape index (κ3) is 2.85. The van der Waals surface area contributed by atoms with Crippen LogP contribution in [0, 0.1) is 0 Å². The molecule has 122 valence electrons. The van der Waals surface area contributed by atoms with Gasteiger partial charge in [-0.05, 0) is 31.0 Å². The summed E-state index contributed by atoms with van der Waals surface area (Å²) in [5.74, 6) is 0.883. The van der Waals surface area contributed by atoms with Gasteiger partial charge < -0.3 is 10.2 Å². The van der Waals surface area contributed by atoms with Gasteiger partial charge in [0.2, 0.25) is 0 Å². The van der Waals surface area contributed by atoms with E-state index in [0.717, 1.165) is 40.9 Å². The number of carbonyl (C=O) groups is 1. The van der Waals surface area contributed by atoms with Crippen molar-refractivity contribution in [3.05, 3.63) is 53.5 Å². The molecule has 1 aliphatic heterocycles. The molecule has 0 radical (unpaired) electrons. The van der Waals surface area contributed by atoms with E-state index in [1.54, 1.807) is 17.5 Å². The number of benzene rings is 1. The number of nitrogens with zero attached hydrogens (tertiary/aromatic N) is 3. The van der Waals surface area contributed by atoms with E-state index in [1.165, 1.54) is 0 Å². The first kappa shape index (κ1) is 15.1. The maximum atomic E-state index is 12.6. The molecule has 3 heterocycles. The Hall–Kier alpha value is -2.47. The largest absolute Gasteiger partial charge is 0.350 e. The molecule has 1 amide bonds. The molecule has 0 unspecified atom stereocenters. The van der Waals surface area contributed by atoms with Gasteiger partial charge in [-0.25, -0.2) is 0 Å². The number of carbonyl (C=O) groups excluding carboxylic acids is 1. The van der Waals surface area contributed by atoms with Crippen molar-refractivity contribution in [3.63, 3.8) is 0 Å². The van der Waals surface area contributed by atoms with Crippen LogP contribution in [0.3, 0.4) is 0 Å². The van der Waals surface area contributed by atoms with Gasteiger partial charge in [-0.1, -0.05) is 18.2 Å². The van der Waals surface area contributed by atoms with Crippen molar-refractivity contribution >= 4 is 33.1 Å². The zero-order chi connectivity index (χ0) is 16.4. The average molecular weight is 338 g/mol. The SMILES string of the molecule is O=C(NC[C@@H]1CCCN1c1cccnn1)c1csc2ccccc12. The van der Waals surface area contributed by atoms with E-state index in [0.29, 0.717) is 6.54 Å². The zero-order valence-electron chi connectivity index (χ0n) is 13.2. The zero-order valence-corrected chi connectivity index (χ0v) is 14.0. The molecule has 0 spiro atoms. The molecule has 1 saturated heterocycles. The highest BCUT2D eigenvalue weighted by Gasteiger charge is 2.26. The van der Waals surface area contributed by atoms with Gasteiger partial charge in [-0.2, -0.15) is 5.10 Å². The molecule has 6 heteroatoms. The van der Waals surface area contributed by atoms with Crippen molar-refractivity contribution in [1.82, 2.24) is 15.5 Å². The molecular weight excluding hydrogens is 320 g/mol. The number of aromatic nitrogens is 2. The molecule has 0 saturated carbocycles. The van der Waals surface area contributed by atoms with Crippen LogP contribution in [0.25, 0.3) is 10.1 Å². The first-order valence-corrected chi connectivity index (χ1v) is 8.99. The predicted molar refractivity (Wildman–Crippen MR) is 96.6 cm³/mol. The molecule has 4 rings (SSSR count). The van der Waals surface area contributed by atoms with Crippen LogP contribution in [-0.2, 0) is 0 Å². The van der Waals surface area contributed by atoms with E-state index in [2.05, 4.69) is 20.4 Å². The van der Waals surface area contributed by atoms with Crippen LogP contribution < -0.4 is 10.2 Å². The Morgan fingerprint density at radius 2 is 2.21 bits per heavy atom. The Labute approximate surface area is 144 Å². The second-order valence-electron chi connectivity index (χ2n) is 5.93. The molecule has 0 aliphatic carbocycles. The maximum absolute atomic E-state index is 12.6. The lowest BCUT2D eigenvalue weighted by molar-refractivity contribution is 0.0953. The number of amides is 1. The molecule has 5 nitrogen and oxygen atoms in total. The predicted octanol–water partition coefficient (Wildman–Crippen LogP) is 3.09. The third-order valence-electron chi connectivity index (χ3n) is 4.45. The number of thiophene rings is 1. The van der Waals surface area contributed by atoms with E-state index in [1.807, 2.05) is 41.8 Å². The molecular formula is C18H18N4OS. The van der Waals surface area contributed by atoms with E-state index in [-0.39, 0.29) is 11.9 Å². The molecule has 1 aromatic carbocycles. The van der Waals surface area contributed by atoms with Crippen molar-refractivity contribution in [3.8, 4) is 0 Å². The summed E-state index contributed by atoms with van der Waals surface area (Å²) in [6.45, 7) is 1.58. The monoisotopic (exact) mass is 338 g/mol. The first-order chi connectivity index (χ1) is 11.8. The van der Waals surface area contributed by atoms with Crippen LogP contribution in [0.5, 0.6) is 0 Å². The minimum Gasteiger partial charge on any atom is -0.350 e. The van der Waals surface area contributed by atoms with Gasteiger partial charge in [-0.3, -0.25) is 4.79 Å². The average Bonchev–Trinajstić information content (AvgIpc) is 3.27. The fourth-order valence-corrected chi connectivity index (χ4v) is 4.20. The highest BCUT2D eigenvalue weighted by atomic mass is 32.1. The number of hydrogen-bond acceptors (Lipinski definition) is 5. The molecule has 3 aromatic rings. The fourth-order valence-electron chi connectivity index (χ4n) is 3.26. The smallest absolute Gasteiger partial charge is 0.252 e. The summed E-state index contributed by atoms with van der Waals surface area (Å²) >= 11 is 1.61. The first-order valence-electron chi connectivity index (χ1n) is 8.12. The van der Waals surface area contributed by atoms with Gasteiger partial charge >= 0.3 is 0 Å². The highest BCUT2D eigenvalue weighted by molar-refractivity contribution is 7.17. The van der Waals surface area contributed by atoms with Crippen molar-refractivity contribution < 1.29 is 4.79 Å². The van der Waals surface area contributed by atoms with Crippen molar-refractivity contribution in [2.45, 2.75) is 18.9 Å². The highest BCUT2D eigenvalue weighted by Crippen LogP contribution is 2.26. The normalized spacial score (nSPS) is 17.3. The summed E-state index contributed by atoms with van der Waals surface area (Å²) in [7, 11) is 0. The number of anilines is 1. The Kier molecular flexibility index (Phi) is 4.13. The van der Waals surface area contributed by atoms with E-state index in [4.69, 9.17) is 0 Å². The van der Waals surface area contributed by atoms with Gasteiger partial charge in [-0.15, -0.1) is 16.4 Å². The van der Waals surface area contributed by atoms with Crippen LogP contribution in [0.4, 0.5) is 5.82 Å². The molecule has 1 aliphatic rings. The summed E-state index contributed by atoms with van der Waals surface area (Å²) in [5.41, 5.74) is 0.764. The van der Waals surface area contributed by atoms with Crippen molar-refractivity contribution in [2.24, 2.45) is 0 Å². The Morgan fingerprint density at radius 1 is 1.29 bits per heavy atom. The summed E-state index contributed by atoms with van der Waals surface area (Å²) in [4.78, 5) is 14.8. The number of fused-ring (bicyclic) bond motifs is 1. The quantitative estimate of drug-likeness (QED) is 0.794. The van der Waals surface area contributed by atoms with Crippen LogP contribution in [-0.4, -0.2) is 35.2 Å². The molecule has 2 aromatic heterocycles. The minimum atomic E-state index is -0.00144. The minimum absolute atomic E-state index is 0.00144. The van der Waals surface area contributed by atoms with E-state index >= 15 is 0 Å². The summed E-state index contributed by atoms with van der Waals surface area (Å²) in [6, 6.07) is 12.2. The van der Waals surface area contributed by atoms with E-state index in [9.17, 15) is 4.79 Å². The Morgan fingerprint density at radius 3 is 3.08 bits per heavy atom. The van der Waals surface area contributed by atoms with Gasteiger partial charge in [0.05, 0.1) is 5.56 Å². The lowest BCUT2D eigenvalue weighted by Crippen LogP contribution is -2.40. The number of rotatable bonds is 4. The van der Waals surface area contributed by atoms with Crippen molar-refractivity contribution in [1.29, 1.82) is 0 Å². The van der Waals surface area contributed by atoms with E-state index < -0.39 is 0 Å². The second kappa shape index (κ2) is 6.57. The molecule has 1 fully saturated rings. The topological polar surface area (TPSA) is 58.1 Å². The van der Waals surface area contributed by atoms with Gasteiger partial charge in [0.15, 0.2) is 5.82 Å². The molecule has 1 N–H and O–H groups in total. The maximum Gasteiger partial charge on any atom is 0.252 e. The van der Waals surface area contributed by atoms with Crippen LogP contribution in [0.2, 0.25) is 0 Å².